The Morgan fingerprint density at radius 2 is 1.77 bits per heavy atom. The van der Waals surface area contributed by atoms with Gasteiger partial charge in [0.25, 0.3) is 11.8 Å². The number of ether oxygens (including phenoxy) is 2. The van der Waals surface area contributed by atoms with Crippen LogP contribution in [0.5, 0.6) is 0 Å². The average molecular weight is 552 g/mol. The Morgan fingerprint density at radius 3 is 2.45 bits per heavy atom. The van der Waals surface area contributed by atoms with Gasteiger partial charge in [0.05, 0.1) is 17.9 Å². The van der Waals surface area contributed by atoms with E-state index in [4.69, 9.17) is 14.6 Å². The summed E-state index contributed by atoms with van der Waals surface area (Å²) in [7, 11) is 2.05. The number of likely N-dealkylation sites (N-methyl/N-ethyl adjacent to an activating group) is 1. The SMILES string of the molecule is CCn1nc(CC(C)COC(=O)c2ccc(C(=O)N3CCN(C)CC3)cc2)c2c1C(=O)NCC1(CCOCC1)C2. The van der Waals surface area contributed by atoms with Crippen LogP contribution in [0.3, 0.4) is 0 Å². The van der Waals surface area contributed by atoms with Crippen LogP contribution in [0.15, 0.2) is 24.3 Å². The third-order valence-corrected chi connectivity index (χ3v) is 8.58. The van der Waals surface area contributed by atoms with Crippen LogP contribution in [-0.2, 0) is 28.9 Å². The highest BCUT2D eigenvalue weighted by atomic mass is 16.5. The van der Waals surface area contributed by atoms with Crippen molar-refractivity contribution in [2.45, 2.75) is 46.1 Å². The molecular formula is C30H41N5O5. The van der Waals surface area contributed by atoms with Gasteiger partial charge in [-0.25, -0.2) is 4.79 Å². The second kappa shape index (κ2) is 12.1. The van der Waals surface area contributed by atoms with Crippen molar-refractivity contribution < 1.29 is 23.9 Å². The van der Waals surface area contributed by atoms with Gasteiger partial charge in [0.2, 0.25) is 0 Å². The Hall–Kier alpha value is -3.24. The van der Waals surface area contributed by atoms with Gasteiger partial charge in [-0.3, -0.25) is 14.3 Å². The molecule has 2 amide bonds. The molecule has 1 N–H and O–H groups in total. The lowest BCUT2D eigenvalue weighted by Gasteiger charge is -2.36. The Kier molecular flexibility index (Phi) is 8.56. The summed E-state index contributed by atoms with van der Waals surface area (Å²) in [6.07, 6.45) is 3.24. The Balaban J connectivity index is 1.21. The molecule has 2 aromatic rings. The van der Waals surface area contributed by atoms with Crippen molar-refractivity contribution in [2.24, 2.45) is 11.3 Å². The van der Waals surface area contributed by atoms with Gasteiger partial charge in [-0.2, -0.15) is 5.10 Å². The van der Waals surface area contributed by atoms with Crippen molar-refractivity contribution in [2.75, 3.05) is 59.6 Å². The topological polar surface area (TPSA) is 106 Å². The number of nitrogens with zero attached hydrogens (tertiary/aromatic N) is 4. The standard InChI is InChI=1S/C30H41N5O5/c1-4-35-26-24(18-30(20-31-27(26)36)9-15-39-16-10-30)25(32-35)17-21(2)19-40-29(38)23-7-5-22(6-8-23)28(37)34-13-11-33(3)12-14-34/h5-8,21H,4,9-20H2,1-3H3,(H,31,36). The number of hydrogen-bond donors (Lipinski definition) is 1. The van der Waals surface area contributed by atoms with Gasteiger partial charge in [0.1, 0.15) is 5.69 Å². The van der Waals surface area contributed by atoms with E-state index >= 15 is 0 Å². The van der Waals surface area contributed by atoms with E-state index in [1.165, 1.54) is 0 Å². The molecule has 0 bridgehead atoms. The zero-order valence-corrected chi connectivity index (χ0v) is 23.9. The molecule has 1 aromatic carbocycles. The van der Waals surface area contributed by atoms with E-state index in [0.29, 0.717) is 62.6 Å². The zero-order chi connectivity index (χ0) is 28.3. The van der Waals surface area contributed by atoms with Gasteiger partial charge >= 0.3 is 5.97 Å². The minimum atomic E-state index is -0.413. The van der Waals surface area contributed by atoms with E-state index in [1.807, 2.05) is 23.4 Å². The molecule has 10 nitrogen and oxygen atoms in total. The van der Waals surface area contributed by atoms with Crippen LogP contribution in [0.25, 0.3) is 0 Å². The number of hydrogen-bond acceptors (Lipinski definition) is 7. The first-order chi connectivity index (χ1) is 19.3. The second-order valence-electron chi connectivity index (χ2n) is 11.6. The summed E-state index contributed by atoms with van der Waals surface area (Å²) in [5.41, 5.74) is 3.59. The van der Waals surface area contributed by atoms with Gasteiger partial charge in [-0.1, -0.05) is 6.92 Å². The third kappa shape index (κ3) is 6.07. The number of aromatic nitrogens is 2. The first kappa shape index (κ1) is 28.3. The van der Waals surface area contributed by atoms with Crippen LogP contribution in [-0.4, -0.2) is 97.0 Å². The van der Waals surface area contributed by atoms with E-state index in [2.05, 4.69) is 17.3 Å². The van der Waals surface area contributed by atoms with Crippen LogP contribution >= 0.6 is 0 Å². The summed E-state index contributed by atoms with van der Waals surface area (Å²) in [4.78, 5) is 42.7. The van der Waals surface area contributed by atoms with Gasteiger partial charge in [0, 0.05) is 63.6 Å². The average Bonchev–Trinajstić information content (AvgIpc) is 3.24. The van der Waals surface area contributed by atoms with Crippen molar-refractivity contribution in [3.63, 3.8) is 0 Å². The highest BCUT2D eigenvalue weighted by Crippen LogP contribution is 2.38. The van der Waals surface area contributed by atoms with Crippen LogP contribution in [0.2, 0.25) is 0 Å². The summed E-state index contributed by atoms with van der Waals surface area (Å²) in [5, 5.41) is 7.96. The Bertz CT molecular complexity index is 1230. The fourth-order valence-electron chi connectivity index (χ4n) is 5.96. The lowest BCUT2D eigenvalue weighted by atomic mass is 9.75. The monoisotopic (exact) mass is 551 g/mol. The summed E-state index contributed by atoms with van der Waals surface area (Å²) >= 11 is 0. The highest BCUT2D eigenvalue weighted by Gasteiger charge is 2.39. The first-order valence-corrected chi connectivity index (χ1v) is 14.5. The van der Waals surface area contributed by atoms with Crippen LogP contribution in [0.1, 0.15) is 69.2 Å². The highest BCUT2D eigenvalue weighted by molar-refractivity contribution is 5.96. The number of rotatable bonds is 7. The Labute approximate surface area is 236 Å². The van der Waals surface area contributed by atoms with Gasteiger partial charge in [0.15, 0.2) is 0 Å². The maximum atomic E-state index is 13.1. The quantitative estimate of drug-likeness (QED) is 0.527. The molecule has 216 valence electrons. The second-order valence-corrected chi connectivity index (χ2v) is 11.6. The molecule has 5 rings (SSSR count). The van der Waals surface area contributed by atoms with Crippen molar-refractivity contribution in [1.29, 1.82) is 0 Å². The molecule has 3 aliphatic heterocycles. The minimum absolute atomic E-state index is 0.0106. The molecule has 2 fully saturated rings. The predicted molar refractivity (Wildman–Crippen MR) is 149 cm³/mol. The molecule has 1 unspecified atom stereocenters. The smallest absolute Gasteiger partial charge is 0.338 e. The molecule has 4 heterocycles. The summed E-state index contributed by atoms with van der Waals surface area (Å²) in [6, 6.07) is 6.71. The maximum Gasteiger partial charge on any atom is 0.338 e. The van der Waals surface area contributed by atoms with Crippen LogP contribution in [0, 0.1) is 11.3 Å². The molecule has 1 aromatic heterocycles. The Morgan fingerprint density at radius 1 is 1.10 bits per heavy atom. The van der Waals surface area contributed by atoms with Crippen LogP contribution in [0.4, 0.5) is 0 Å². The van der Waals surface area contributed by atoms with Crippen molar-refractivity contribution >= 4 is 17.8 Å². The molecule has 0 aliphatic carbocycles. The van der Waals surface area contributed by atoms with E-state index < -0.39 is 5.97 Å². The number of benzene rings is 1. The number of nitrogens with one attached hydrogen (secondary N) is 1. The van der Waals surface area contributed by atoms with Crippen molar-refractivity contribution in [3.05, 3.63) is 52.3 Å². The summed E-state index contributed by atoms with van der Waals surface area (Å²) in [6.45, 7) is 10.1. The molecule has 1 atom stereocenters. The fraction of sp³-hybridized carbons (Fsp3) is 0.600. The lowest BCUT2D eigenvalue weighted by molar-refractivity contribution is 0.0160. The maximum absolute atomic E-state index is 13.1. The normalized spacial score (nSPS) is 20.0. The molecule has 3 aliphatic rings. The molecule has 1 spiro atoms. The fourth-order valence-corrected chi connectivity index (χ4v) is 5.96. The minimum Gasteiger partial charge on any atom is -0.462 e. The predicted octanol–water partition coefficient (Wildman–Crippen LogP) is 2.41. The molecule has 40 heavy (non-hydrogen) atoms. The first-order valence-electron chi connectivity index (χ1n) is 14.5. The molecule has 0 radical (unpaired) electrons. The third-order valence-electron chi connectivity index (χ3n) is 8.58. The van der Waals surface area contributed by atoms with E-state index in [1.54, 1.807) is 24.3 Å². The number of piperazine rings is 1. The zero-order valence-electron chi connectivity index (χ0n) is 23.9. The van der Waals surface area contributed by atoms with Gasteiger partial charge in [-0.15, -0.1) is 0 Å². The van der Waals surface area contributed by atoms with Crippen LogP contribution < -0.4 is 5.32 Å². The number of esters is 1. The molecule has 10 heteroatoms. The molecule has 0 saturated carbocycles. The van der Waals surface area contributed by atoms with E-state index in [-0.39, 0.29) is 29.8 Å². The van der Waals surface area contributed by atoms with Gasteiger partial charge < -0.3 is 24.6 Å². The molecule has 2 saturated heterocycles. The lowest BCUT2D eigenvalue weighted by Crippen LogP contribution is -2.47. The number of fused-ring (bicyclic) bond motifs is 1. The summed E-state index contributed by atoms with van der Waals surface area (Å²) < 4.78 is 13.1. The number of aryl methyl sites for hydroxylation is 1. The van der Waals surface area contributed by atoms with Gasteiger partial charge in [-0.05, 0) is 75.3 Å². The largest absolute Gasteiger partial charge is 0.462 e. The molecular weight excluding hydrogens is 510 g/mol. The number of amides is 2. The van der Waals surface area contributed by atoms with Crippen molar-refractivity contribution in [1.82, 2.24) is 24.9 Å². The van der Waals surface area contributed by atoms with Crippen molar-refractivity contribution in [3.8, 4) is 0 Å². The van der Waals surface area contributed by atoms with E-state index in [9.17, 15) is 14.4 Å². The number of carbonyl (C=O) groups is 3. The summed E-state index contributed by atoms with van der Waals surface area (Å²) in [5.74, 6) is -0.469. The van der Waals surface area contributed by atoms with E-state index in [0.717, 1.165) is 43.6 Å². The number of carbonyl (C=O) groups excluding carboxylic acids is 3.